The maximum Gasteiger partial charge on any atom is 0.237 e. The first-order valence-electron chi connectivity index (χ1n) is 4.32. The minimum absolute atomic E-state index is 0.0400. The fourth-order valence-electron chi connectivity index (χ4n) is 1.73. The first-order chi connectivity index (χ1) is 6.61. The fourth-order valence-corrected chi connectivity index (χ4v) is 1.93. The van der Waals surface area contributed by atoms with Crippen LogP contribution in [0.2, 0.25) is 0 Å². The minimum atomic E-state index is -0.0400. The van der Waals surface area contributed by atoms with E-state index < -0.39 is 0 Å². The van der Waals surface area contributed by atoms with Crippen LogP contribution in [0.25, 0.3) is 0 Å². The minimum Gasteiger partial charge on any atom is -0.376 e. The van der Waals surface area contributed by atoms with Gasteiger partial charge in [-0.25, -0.2) is 0 Å². The van der Waals surface area contributed by atoms with Gasteiger partial charge in [-0.3, -0.25) is 9.69 Å². The molecular weight excluding hydrogens is 196 g/mol. The van der Waals surface area contributed by atoms with Crippen molar-refractivity contribution in [3.63, 3.8) is 0 Å². The van der Waals surface area contributed by atoms with Crippen LogP contribution < -0.4 is 10.6 Å². The van der Waals surface area contributed by atoms with Crippen molar-refractivity contribution < 1.29 is 4.79 Å². The number of rotatable bonds is 0. The third-order valence-corrected chi connectivity index (χ3v) is 2.61. The smallest absolute Gasteiger partial charge is 0.237 e. The number of hydrogen-bond acceptors (Lipinski definition) is 2. The zero-order valence-corrected chi connectivity index (χ0v) is 8.60. The summed E-state index contributed by atoms with van der Waals surface area (Å²) in [5.74, 6) is -0.0400. The summed E-state index contributed by atoms with van der Waals surface area (Å²) in [6.45, 7) is 1.98. The van der Waals surface area contributed by atoms with E-state index in [0.717, 1.165) is 16.8 Å². The SMILES string of the molecule is Cc1cccc2c1CC(=O)N2C(N)=S. The highest BCUT2D eigenvalue weighted by molar-refractivity contribution is 7.80. The van der Waals surface area contributed by atoms with E-state index in [1.807, 2.05) is 25.1 Å². The molecular formula is C10H10N2OS. The number of thiocarbonyl (C=S) groups is 1. The van der Waals surface area contributed by atoms with Gasteiger partial charge >= 0.3 is 0 Å². The molecule has 4 heteroatoms. The van der Waals surface area contributed by atoms with Gasteiger partial charge in [-0.1, -0.05) is 12.1 Å². The molecule has 0 aromatic heterocycles. The van der Waals surface area contributed by atoms with E-state index in [-0.39, 0.29) is 11.0 Å². The first-order valence-corrected chi connectivity index (χ1v) is 4.73. The van der Waals surface area contributed by atoms with E-state index in [4.69, 9.17) is 18.0 Å². The first kappa shape index (κ1) is 9.15. The van der Waals surface area contributed by atoms with Gasteiger partial charge in [0, 0.05) is 0 Å². The lowest BCUT2D eigenvalue weighted by atomic mass is 10.1. The molecule has 0 spiro atoms. The lowest BCUT2D eigenvalue weighted by molar-refractivity contribution is -0.116. The highest BCUT2D eigenvalue weighted by Crippen LogP contribution is 2.30. The van der Waals surface area contributed by atoms with Gasteiger partial charge in [0.2, 0.25) is 5.91 Å². The van der Waals surface area contributed by atoms with Crippen molar-refractivity contribution in [3.05, 3.63) is 29.3 Å². The Morgan fingerprint density at radius 1 is 1.57 bits per heavy atom. The molecule has 3 nitrogen and oxygen atoms in total. The highest BCUT2D eigenvalue weighted by atomic mass is 32.1. The second-order valence-electron chi connectivity index (χ2n) is 3.32. The number of anilines is 1. The number of benzene rings is 1. The molecule has 0 unspecified atom stereocenters. The maximum absolute atomic E-state index is 11.6. The largest absolute Gasteiger partial charge is 0.376 e. The predicted octanol–water partition coefficient (Wildman–Crippen LogP) is 1.13. The molecule has 1 aliphatic heterocycles. The quantitative estimate of drug-likeness (QED) is 0.647. The van der Waals surface area contributed by atoms with E-state index >= 15 is 0 Å². The second-order valence-corrected chi connectivity index (χ2v) is 3.74. The molecule has 1 heterocycles. The van der Waals surface area contributed by atoms with Crippen molar-refractivity contribution in [2.24, 2.45) is 5.73 Å². The molecule has 0 saturated heterocycles. The summed E-state index contributed by atoms with van der Waals surface area (Å²) in [6, 6.07) is 5.75. The summed E-state index contributed by atoms with van der Waals surface area (Å²) in [7, 11) is 0. The van der Waals surface area contributed by atoms with Crippen molar-refractivity contribution in [2.75, 3.05) is 4.90 Å². The summed E-state index contributed by atoms with van der Waals surface area (Å²) < 4.78 is 0. The molecule has 0 aliphatic carbocycles. The molecule has 2 N–H and O–H groups in total. The molecule has 14 heavy (non-hydrogen) atoms. The Kier molecular flexibility index (Phi) is 2.00. The highest BCUT2D eigenvalue weighted by Gasteiger charge is 2.29. The average Bonchev–Trinajstić information content (AvgIpc) is 2.42. The maximum atomic E-state index is 11.6. The Bertz CT molecular complexity index is 428. The number of hydrogen-bond donors (Lipinski definition) is 1. The molecule has 1 aliphatic rings. The summed E-state index contributed by atoms with van der Waals surface area (Å²) in [5, 5.41) is 0.124. The van der Waals surface area contributed by atoms with Crippen LogP contribution in [0, 0.1) is 6.92 Å². The standard InChI is InChI=1S/C10H10N2OS/c1-6-3-2-4-8-7(6)5-9(13)12(8)10(11)14/h2-4H,5H2,1H3,(H2,11,14). The number of nitrogens with two attached hydrogens (primary N) is 1. The number of carbonyl (C=O) groups excluding carboxylic acids is 1. The third kappa shape index (κ3) is 1.19. The summed E-state index contributed by atoms with van der Waals surface area (Å²) in [4.78, 5) is 13.0. The van der Waals surface area contributed by atoms with Gasteiger partial charge in [0.1, 0.15) is 0 Å². The van der Waals surface area contributed by atoms with E-state index in [9.17, 15) is 4.79 Å². The van der Waals surface area contributed by atoms with Crippen LogP contribution in [0.1, 0.15) is 11.1 Å². The normalized spacial score (nSPS) is 14.4. The van der Waals surface area contributed by atoms with Crippen molar-refractivity contribution in [3.8, 4) is 0 Å². The summed E-state index contributed by atoms with van der Waals surface area (Å²) in [5.41, 5.74) is 8.46. The van der Waals surface area contributed by atoms with E-state index in [1.54, 1.807) is 0 Å². The molecule has 0 atom stereocenters. The summed E-state index contributed by atoms with van der Waals surface area (Å²) >= 11 is 4.83. The average molecular weight is 206 g/mol. The number of aryl methyl sites for hydroxylation is 1. The molecule has 1 amide bonds. The van der Waals surface area contributed by atoms with Gasteiger partial charge in [-0.15, -0.1) is 0 Å². The molecule has 0 radical (unpaired) electrons. The van der Waals surface area contributed by atoms with E-state index in [0.29, 0.717) is 6.42 Å². The van der Waals surface area contributed by atoms with Crippen molar-refractivity contribution >= 4 is 28.9 Å². The van der Waals surface area contributed by atoms with Crippen molar-refractivity contribution in [2.45, 2.75) is 13.3 Å². The number of carbonyl (C=O) groups is 1. The lowest BCUT2D eigenvalue weighted by Crippen LogP contribution is -2.37. The molecule has 1 aromatic rings. The molecule has 72 valence electrons. The van der Waals surface area contributed by atoms with Gasteiger partial charge < -0.3 is 5.73 Å². The Morgan fingerprint density at radius 2 is 2.29 bits per heavy atom. The third-order valence-electron chi connectivity index (χ3n) is 2.42. The Balaban J connectivity index is 2.58. The Labute approximate surface area is 87.5 Å². The van der Waals surface area contributed by atoms with Crippen LogP contribution in [-0.2, 0) is 11.2 Å². The second kappa shape index (κ2) is 3.06. The van der Waals surface area contributed by atoms with Crippen molar-refractivity contribution in [1.82, 2.24) is 0 Å². The molecule has 2 rings (SSSR count). The van der Waals surface area contributed by atoms with Crippen LogP contribution in [0.4, 0.5) is 5.69 Å². The Hall–Kier alpha value is -1.42. The van der Waals surface area contributed by atoms with Crippen LogP contribution in [0.15, 0.2) is 18.2 Å². The topological polar surface area (TPSA) is 46.3 Å². The van der Waals surface area contributed by atoms with Crippen LogP contribution in [-0.4, -0.2) is 11.0 Å². The number of fused-ring (bicyclic) bond motifs is 1. The molecule has 0 saturated carbocycles. The van der Waals surface area contributed by atoms with Crippen LogP contribution in [0.3, 0.4) is 0 Å². The van der Waals surface area contributed by atoms with Gasteiger partial charge in [0.15, 0.2) is 5.11 Å². The fraction of sp³-hybridized carbons (Fsp3) is 0.200. The van der Waals surface area contributed by atoms with Crippen molar-refractivity contribution in [1.29, 1.82) is 0 Å². The predicted molar refractivity (Wildman–Crippen MR) is 59.2 cm³/mol. The van der Waals surface area contributed by atoms with Gasteiger partial charge in [0.25, 0.3) is 0 Å². The molecule has 1 aromatic carbocycles. The zero-order valence-electron chi connectivity index (χ0n) is 7.78. The molecule has 0 bridgehead atoms. The Morgan fingerprint density at radius 3 is 2.93 bits per heavy atom. The van der Waals surface area contributed by atoms with Gasteiger partial charge in [-0.2, -0.15) is 0 Å². The zero-order chi connectivity index (χ0) is 10.3. The lowest BCUT2D eigenvalue weighted by Gasteiger charge is -2.14. The van der Waals surface area contributed by atoms with E-state index in [2.05, 4.69) is 0 Å². The van der Waals surface area contributed by atoms with Gasteiger partial charge in [-0.05, 0) is 36.3 Å². The number of nitrogens with zero attached hydrogens (tertiary/aromatic N) is 1. The van der Waals surface area contributed by atoms with E-state index in [1.165, 1.54) is 4.90 Å². The van der Waals surface area contributed by atoms with Gasteiger partial charge in [0.05, 0.1) is 12.1 Å². The molecule has 0 fully saturated rings. The van der Waals surface area contributed by atoms with Crippen LogP contribution in [0.5, 0.6) is 0 Å². The van der Waals surface area contributed by atoms with Crippen LogP contribution >= 0.6 is 12.2 Å². The monoisotopic (exact) mass is 206 g/mol. The number of amides is 1. The summed E-state index contributed by atoms with van der Waals surface area (Å²) in [6.07, 6.45) is 0.402.